The third kappa shape index (κ3) is 4.93. The van der Waals surface area contributed by atoms with Crippen LogP contribution in [-0.2, 0) is 20.9 Å². The van der Waals surface area contributed by atoms with E-state index in [9.17, 15) is 30.4 Å². The lowest BCUT2D eigenvalue weighted by Crippen LogP contribution is -2.49. The minimum Gasteiger partial charge on any atom is -0.409 e. The summed E-state index contributed by atoms with van der Waals surface area (Å²) in [5, 5.41) is 0.398. The van der Waals surface area contributed by atoms with E-state index < -0.39 is 48.9 Å². The molecule has 2 unspecified atom stereocenters. The first-order valence-electron chi connectivity index (χ1n) is 11.3. The normalized spacial score (nSPS) is 19.3. The largest absolute Gasteiger partial charge is 0.453 e. The van der Waals surface area contributed by atoms with Crippen molar-refractivity contribution in [3.8, 4) is 0 Å². The maximum absolute atomic E-state index is 14.9. The van der Waals surface area contributed by atoms with Crippen molar-refractivity contribution >= 4 is 52.4 Å². The number of alkyl halides is 5. The molecular formula is C24H24Cl2F5NO3SSi. The van der Waals surface area contributed by atoms with Gasteiger partial charge in [-0.25, -0.2) is 12.4 Å². The lowest BCUT2D eigenvalue weighted by Gasteiger charge is -2.40. The van der Waals surface area contributed by atoms with Crippen molar-refractivity contribution in [3.05, 3.63) is 63.3 Å². The van der Waals surface area contributed by atoms with Crippen LogP contribution in [0.4, 0.5) is 22.0 Å². The molecule has 37 heavy (non-hydrogen) atoms. The van der Waals surface area contributed by atoms with Gasteiger partial charge in [-0.15, -0.1) is 0 Å². The van der Waals surface area contributed by atoms with E-state index in [1.54, 1.807) is 38.7 Å². The lowest BCUT2D eigenvalue weighted by atomic mass is 9.80. The van der Waals surface area contributed by atoms with Crippen LogP contribution in [0.3, 0.4) is 0 Å². The summed E-state index contributed by atoms with van der Waals surface area (Å²) in [5.41, 5.74) is 0.844. The van der Waals surface area contributed by atoms with Gasteiger partial charge in [-0.2, -0.15) is 22.0 Å². The predicted octanol–water partition coefficient (Wildman–Crippen LogP) is 8.15. The molecule has 0 aliphatic heterocycles. The quantitative estimate of drug-likeness (QED) is 0.220. The average Bonchev–Trinajstić information content (AvgIpc) is 3.07. The summed E-state index contributed by atoms with van der Waals surface area (Å²) in [7, 11) is -7.27. The Labute approximate surface area is 222 Å². The van der Waals surface area contributed by atoms with E-state index in [1.165, 1.54) is 24.3 Å². The monoisotopic (exact) mass is 599 g/mol. The summed E-state index contributed by atoms with van der Waals surface area (Å²) in [4.78, 5) is -0.166. The minimum atomic E-state index is -5.85. The van der Waals surface area contributed by atoms with E-state index in [0.29, 0.717) is 10.9 Å². The van der Waals surface area contributed by atoms with E-state index in [-0.39, 0.29) is 32.6 Å². The molecule has 0 fully saturated rings. The van der Waals surface area contributed by atoms with Crippen molar-refractivity contribution < 1.29 is 34.8 Å². The molecule has 0 saturated heterocycles. The fourth-order valence-corrected chi connectivity index (χ4v) is 7.64. The molecule has 202 valence electrons. The van der Waals surface area contributed by atoms with Crippen LogP contribution >= 0.6 is 23.2 Å². The van der Waals surface area contributed by atoms with Crippen molar-refractivity contribution in [2.24, 2.45) is 5.92 Å². The molecule has 0 radical (unpaired) electrons. The molecule has 3 aromatic rings. The SMILES string of the molecule is Cc1ccc(S(=O)(=O)n2c3c(c4cc(Cl)c(Cl)cc42)CCC(C(F)(F)C(F)(F)F)C3O[Si](C)(C)C)cc1. The first kappa shape index (κ1) is 28.3. The first-order valence-corrected chi connectivity index (χ1v) is 16.9. The summed E-state index contributed by atoms with van der Waals surface area (Å²) >= 11 is 12.4. The van der Waals surface area contributed by atoms with Crippen LogP contribution in [0.15, 0.2) is 41.3 Å². The van der Waals surface area contributed by atoms with Crippen LogP contribution < -0.4 is 0 Å². The van der Waals surface area contributed by atoms with Crippen LogP contribution in [0.1, 0.15) is 29.3 Å². The topological polar surface area (TPSA) is 48.3 Å². The molecule has 0 amide bonds. The van der Waals surface area contributed by atoms with E-state index >= 15 is 0 Å². The molecule has 0 N–H and O–H groups in total. The molecule has 2 atom stereocenters. The van der Waals surface area contributed by atoms with Gasteiger partial charge in [-0.3, -0.25) is 0 Å². The number of hydrogen-bond acceptors (Lipinski definition) is 3. The van der Waals surface area contributed by atoms with Gasteiger partial charge in [0.2, 0.25) is 0 Å². The van der Waals surface area contributed by atoms with E-state index in [4.69, 9.17) is 27.6 Å². The lowest BCUT2D eigenvalue weighted by molar-refractivity contribution is -0.313. The molecular weight excluding hydrogens is 576 g/mol. The molecule has 1 heterocycles. The predicted molar refractivity (Wildman–Crippen MR) is 136 cm³/mol. The highest BCUT2D eigenvalue weighted by Gasteiger charge is 2.65. The molecule has 2 aromatic carbocycles. The van der Waals surface area contributed by atoms with Gasteiger partial charge in [-0.05, 0) is 69.2 Å². The Morgan fingerprint density at radius 1 is 1.00 bits per heavy atom. The van der Waals surface area contributed by atoms with Crippen LogP contribution in [0, 0.1) is 12.8 Å². The minimum absolute atomic E-state index is 0.00389. The molecule has 1 aliphatic carbocycles. The van der Waals surface area contributed by atoms with Gasteiger partial charge >= 0.3 is 12.1 Å². The number of aryl methyl sites for hydroxylation is 2. The summed E-state index contributed by atoms with van der Waals surface area (Å²) in [6.07, 6.45) is -8.51. The number of nitrogens with zero attached hydrogens (tertiary/aromatic N) is 1. The Bertz CT molecular complexity index is 1460. The van der Waals surface area contributed by atoms with Crippen LogP contribution in [0.2, 0.25) is 29.7 Å². The number of halogens is 7. The third-order valence-corrected chi connectivity index (χ3v) is 9.76. The second-order valence-corrected chi connectivity index (χ2v) is 17.2. The number of benzene rings is 2. The highest BCUT2D eigenvalue weighted by atomic mass is 35.5. The fourth-order valence-electron chi connectivity index (χ4n) is 4.70. The molecule has 1 aromatic heterocycles. The van der Waals surface area contributed by atoms with Crippen molar-refractivity contribution in [1.29, 1.82) is 0 Å². The van der Waals surface area contributed by atoms with E-state index in [2.05, 4.69) is 0 Å². The Balaban J connectivity index is 2.11. The van der Waals surface area contributed by atoms with E-state index in [0.717, 1.165) is 9.54 Å². The highest BCUT2D eigenvalue weighted by Crippen LogP contribution is 2.54. The van der Waals surface area contributed by atoms with Crippen molar-refractivity contribution in [1.82, 2.24) is 3.97 Å². The first-order chi connectivity index (χ1) is 16.9. The third-order valence-electron chi connectivity index (χ3n) is 6.33. The zero-order valence-corrected chi connectivity index (χ0v) is 23.6. The van der Waals surface area contributed by atoms with Gasteiger partial charge in [0.15, 0.2) is 8.32 Å². The van der Waals surface area contributed by atoms with Crippen LogP contribution in [0.25, 0.3) is 10.9 Å². The fraction of sp³-hybridized carbons (Fsp3) is 0.417. The number of fused-ring (bicyclic) bond motifs is 3. The standard InChI is InChI=1S/C24H24Cl2F5NO3SSi/c1-13-5-7-14(8-6-13)36(33,34)32-20-12-19(26)18(25)11-16(20)15-9-10-17(23(27,28)24(29,30)31)22(21(15)32)35-37(2,3)4/h5-8,11-12,17,22H,9-10H2,1-4H3. The molecule has 13 heteroatoms. The summed E-state index contributed by atoms with van der Waals surface area (Å²) in [6.45, 7) is 6.67. The Kier molecular flexibility index (Phi) is 7.06. The molecule has 1 aliphatic rings. The smallest absolute Gasteiger partial charge is 0.409 e. The number of aromatic nitrogens is 1. The van der Waals surface area contributed by atoms with Crippen molar-refractivity contribution in [2.45, 2.75) is 62.5 Å². The Morgan fingerprint density at radius 3 is 2.11 bits per heavy atom. The summed E-state index contributed by atoms with van der Waals surface area (Å²) in [5.74, 6) is -7.46. The molecule has 4 nitrogen and oxygen atoms in total. The summed E-state index contributed by atoms with van der Waals surface area (Å²) < 4.78 is 105. The molecule has 4 rings (SSSR count). The second-order valence-electron chi connectivity index (χ2n) is 10.1. The second kappa shape index (κ2) is 9.22. The van der Waals surface area contributed by atoms with Crippen LogP contribution in [-0.4, -0.2) is 32.8 Å². The van der Waals surface area contributed by atoms with Gasteiger partial charge in [0.05, 0.1) is 38.2 Å². The summed E-state index contributed by atoms with van der Waals surface area (Å²) in [6, 6.07) is 8.51. The highest BCUT2D eigenvalue weighted by molar-refractivity contribution is 7.90. The van der Waals surface area contributed by atoms with Gasteiger partial charge in [0.1, 0.15) is 0 Å². The van der Waals surface area contributed by atoms with Crippen LogP contribution in [0.5, 0.6) is 0 Å². The maximum atomic E-state index is 14.9. The maximum Gasteiger partial charge on any atom is 0.453 e. The Hall–Kier alpha value is -1.66. The number of hydrogen-bond donors (Lipinski definition) is 0. The van der Waals surface area contributed by atoms with E-state index in [1.807, 2.05) is 0 Å². The van der Waals surface area contributed by atoms with Gasteiger partial charge in [0.25, 0.3) is 10.0 Å². The molecule has 0 bridgehead atoms. The van der Waals surface area contributed by atoms with Gasteiger partial charge in [0, 0.05) is 5.39 Å². The average molecular weight is 601 g/mol. The van der Waals surface area contributed by atoms with Crippen molar-refractivity contribution in [3.63, 3.8) is 0 Å². The molecule has 0 saturated carbocycles. The molecule has 0 spiro atoms. The van der Waals surface area contributed by atoms with Crippen molar-refractivity contribution in [2.75, 3.05) is 0 Å². The zero-order chi connectivity index (χ0) is 27.7. The zero-order valence-electron chi connectivity index (χ0n) is 20.3. The van der Waals surface area contributed by atoms with Gasteiger partial charge in [-0.1, -0.05) is 40.9 Å². The Morgan fingerprint density at radius 2 is 1.57 bits per heavy atom. The number of rotatable bonds is 5. The van der Waals surface area contributed by atoms with Gasteiger partial charge < -0.3 is 4.43 Å².